The van der Waals surface area contributed by atoms with Gasteiger partial charge in [-0.3, -0.25) is 0 Å². The molecule has 0 atom stereocenters. The zero-order valence-corrected chi connectivity index (χ0v) is 14.7. The number of aromatic nitrogens is 3. The van der Waals surface area contributed by atoms with Gasteiger partial charge in [0.15, 0.2) is 11.8 Å². The topological polar surface area (TPSA) is 81.1 Å². The first-order chi connectivity index (χ1) is 10.3. The number of hydrogen-bond donors (Lipinski definition) is 2. The summed E-state index contributed by atoms with van der Waals surface area (Å²) in [6.07, 6.45) is 3.09. The zero-order valence-electron chi connectivity index (χ0n) is 12.4. The molecule has 0 spiro atoms. The molecule has 22 heavy (non-hydrogen) atoms. The molecular formula is C15H21IN6. The van der Waals surface area contributed by atoms with Crippen LogP contribution < -0.4 is 11.1 Å². The summed E-state index contributed by atoms with van der Waals surface area (Å²) in [6, 6.07) is 10.3. The summed E-state index contributed by atoms with van der Waals surface area (Å²) in [5, 5.41) is 11.5. The second kappa shape index (κ2) is 8.11. The average molecular weight is 412 g/mol. The molecule has 0 saturated carbocycles. The molecule has 0 unspecified atom stereocenters. The molecule has 0 aliphatic carbocycles. The van der Waals surface area contributed by atoms with E-state index in [0.717, 1.165) is 44.0 Å². The molecule has 0 saturated heterocycles. The number of benzene rings is 1. The highest BCUT2D eigenvalue weighted by Crippen LogP contribution is 2.14. The van der Waals surface area contributed by atoms with E-state index in [1.807, 2.05) is 18.2 Å². The number of aryl methyl sites for hydroxylation is 1. The fourth-order valence-corrected chi connectivity index (χ4v) is 2.52. The van der Waals surface area contributed by atoms with E-state index in [1.165, 1.54) is 5.56 Å². The molecule has 7 heteroatoms. The summed E-state index contributed by atoms with van der Waals surface area (Å²) < 4.78 is 2.14. The van der Waals surface area contributed by atoms with Crippen molar-refractivity contribution in [3.63, 3.8) is 0 Å². The smallest absolute Gasteiger partial charge is 0.189 e. The normalized spacial score (nSPS) is 13.5. The molecule has 1 aliphatic rings. The van der Waals surface area contributed by atoms with Gasteiger partial charge in [0, 0.05) is 19.5 Å². The van der Waals surface area contributed by atoms with Crippen molar-refractivity contribution in [1.29, 1.82) is 0 Å². The lowest BCUT2D eigenvalue weighted by molar-refractivity contribution is 0.686. The predicted octanol–water partition coefficient (Wildman–Crippen LogP) is 1.49. The number of aliphatic imine (C=N–C) groups is 1. The van der Waals surface area contributed by atoms with Gasteiger partial charge in [-0.05, 0) is 18.4 Å². The van der Waals surface area contributed by atoms with Crippen molar-refractivity contribution in [2.75, 3.05) is 6.54 Å². The van der Waals surface area contributed by atoms with Crippen LogP contribution in [0.2, 0.25) is 0 Å². The van der Waals surface area contributed by atoms with Gasteiger partial charge in [-0.25, -0.2) is 4.99 Å². The van der Waals surface area contributed by atoms with Crippen LogP contribution in [0, 0.1) is 0 Å². The molecule has 3 N–H and O–H groups in total. The lowest BCUT2D eigenvalue weighted by Crippen LogP contribution is -2.33. The summed E-state index contributed by atoms with van der Waals surface area (Å²) in [7, 11) is 0. The minimum Gasteiger partial charge on any atom is -0.370 e. The molecule has 0 amide bonds. The van der Waals surface area contributed by atoms with Crippen molar-refractivity contribution in [3.05, 3.63) is 47.5 Å². The summed E-state index contributed by atoms with van der Waals surface area (Å²) >= 11 is 0. The molecule has 6 nitrogen and oxygen atoms in total. The third-order valence-electron chi connectivity index (χ3n) is 3.64. The van der Waals surface area contributed by atoms with Gasteiger partial charge < -0.3 is 15.6 Å². The zero-order chi connectivity index (χ0) is 14.5. The van der Waals surface area contributed by atoms with Crippen molar-refractivity contribution in [2.45, 2.75) is 32.4 Å². The molecule has 1 aromatic carbocycles. The molecule has 0 bridgehead atoms. The Balaban J connectivity index is 0.00000176. The average Bonchev–Trinajstić information content (AvgIpc) is 3.10. The number of fused-ring (bicyclic) bond motifs is 1. The van der Waals surface area contributed by atoms with E-state index in [9.17, 15) is 0 Å². The van der Waals surface area contributed by atoms with E-state index >= 15 is 0 Å². The van der Waals surface area contributed by atoms with E-state index in [-0.39, 0.29) is 24.0 Å². The Kier molecular flexibility index (Phi) is 6.17. The third-order valence-corrected chi connectivity index (χ3v) is 3.64. The monoisotopic (exact) mass is 412 g/mol. The highest BCUT2D eigenvalue weighted by molar-refractivity contribution is 14.0. The van der Waals surface area contributed by atoms with Gasteiger partial charge in [0.2, 0.25) is 0 Å². The Morgan fingerprint density at radius 3 is 2.91 bits per heavy atom. The van der Waals surface area contributed by atoms with E-state index in [1.54, 1.807) is 0 Å². The Morgan fingerprint density at radius 1 is 1.27 bits per heavy atom. The Morgan fingerprint density at radius 2 is 2.09 bits per heavy atom. The number of nitrogens with one attached hydrogen (secondary N) is 1. The molecule has 2 heterocycles. The van der Waals surface area contributed by atoms with Crippen molar-refractivity contribution < 1.29 is 0 Å². The maximum absolute atomic E-state index is 5.88. The number of nitrogens with zero attached hydrogens (tertiary/aromatic N) is 4. The molecule has 0 fully saturated rings. The SMILES string of the molecule is I.NC(=NCc1nnc2n1CCC2)NCCc1ccccc1. The maximum Gasteiger partial charge on any atom is 0.189 e. The van der Waals surface area contributed by atoms with Crippen LogP contribution in [0.3, 0.4) is 0 Å². The first-order valence-electron chi connectivity index (χ1n) is 7.31. The molecule has 3 rings (SSSR count). The van der Waals surface area contributed by atoms with Gasteiger partial charge in [0.25, 0.3) is 0 Å². The first-order valence-corrected chi connectivity index (χ1v) is 7.31. The van der Waals surface area contributed by atoms with E-state index in [0.29, 0.717) is 12.5 Å². The van der Waals surface area contributed by atoms with E-state index in [2.05, 4.69) is 37.2 Å². The van der Waals surface area contributed by atoms with Crippen LogP contribution in [0.15, 0.2) is 35.3 Å². The fraction of sp³-hybridized carbons (Fsp3) is 0.400. The summed E-state index contributed by atoms with van der Waals surface area (Å²) in [4.78, 5) is 4.34. The van der Waals surface area contributed by atoms with Crippen molar-refractivity contribution >= 4 is 29.9 Å². The van der Waals surface area contributed by atoms with Gasteiger partial charge in [-0.1, -0.05) is 30.3 Å². The molecular weight excluding hydrogens is 391 g/mol. The summed E-state index contributed by atoms with van der Waals surface area (Å²) in [5.74, 6) is 2.42. The van der Waals surface area contributed by atoms with E-state index < -0.39 is 0 Å². The second-order valence-electron chi connectivity index (χ2n) is 5.15. The summed E-state index contributed by atoms with van der Waals surface area (Å²) in [5.41, 5.74) is 7.17. The van der Waals surface area contributed by atoms with Gasteiger partial charge in [0.1, 0.15) is 12.4 Å². The van der Waals surface area contributed by atoms with Crippen LogP contribution in [-0.4, -0.2) is 27.3 Å². The van der Waals surface area contributed by atoms with Crippen molar-refractivity contribution in [3.8, 4) is 0 Å². The largest absolute Gasteiger partial charge is 0.370 e. The Bertz CT molecular complexity index is 622. The number of rotatable bonds is 5. The van der Waals surface area contributed by atoms with Crippen LogP contribution in [0.25, 0.3) is 0 Å². The lowest BCUT2D eigenvalue weighted by atomic mass is 10.1. The predicted molar refractivity (Wildman–Crippen MR) is 97.2 cm³/mol. The fourth-order valence-electron chi connectivity index (χ4n) is 2.52. The molecule has 118 valence electrons. The van der Waals surface area contributed by atoms with Crippen molar-refractivity contribution in [1.82, 2.24) is 20.1 Å². The maximum atomic E-state index is 5.88. The second-order valence-corrected chi connectivity index (χ2v) is 5.15. The molecule has 1 aliphatic heterocycles. The lowest BCUT2D eigenvalue weighted by Gasteiger charge is -2.06. The Hall–Kier alpha value is -1.64. The van der Waals surface area contributed by atoms with Crippen LogP contribution >= 0.6 is 24.0 Å². The quantitative estimate of drug-likeness (QED) is 0.443. The standard InChI is InChI=1S/C15H20N6.HI/c16-15(17-9-8-12-5-2-1-3-6-12)18-11-14-20-19-13-7-4-10-21(13)14;/h1-3,5-6H,4,7-11H2,(H3,16,17,18);1H. The van der Waals surface area contributed by atoms with Gasteiger partial charge in [-0.15, -0.1) is 34.2 Å². The summed E-state index contributed by atoms with van der Waals surface area (Å²) in [6.45, 7) is 2.25. The van der Waals surface area contributed by atoms with Gasteiger partial charge >= 0.3 is 0 Å². The van der Waals surface area contributed by atoms with E-state index in [4.69, 9.17) is 5.73 Å². The van der Waals surface area contributed by atoms with Crippen LogP contribution in [-0.2, 0) is 25.9 Å². The third kappa shape index (κ3) is 4.19. The number of hydrogen-bond acceptors (Lipinski definition) is 3. The number of guanidine groups is 1. The Labute approximate surface area is 147 Å². The highest BCUT2D eigenvalue weighted by atomic mass is 127. The number of halogens is 1. The van der Waals surface area contributed by atoms with Crippen LogP contribution in [0.4, 0.5) is 0 Å². The van der Waals surface area contributed by atoms with Gasteiger partial charge in [-0.2, -0.15) is 0 Å². The first kappa shape index (κ1) is 16.7. The molecule has 2 aromatic rings. The number of nitrogens with two attached hydrogens (primary N) is 1. The molecule has 1 aromatic heterocycles. The minimum absolute atomic E-state index is 0. The van der Waals surface area contributed by atoms with Crippen LogP contribution in [0.5, 0.6) is 0 Å². The minimum atomic E-state index is 0. The molecule has 0 radical (unpaired) electrons. The van der Waals surface area contributed by atoms with Crippen LogP contribution in [0.1, 0.15) is 23.6 Å². The highest BCUT2D eigenvalue weighted by Gasteiger charge is 2.16. The van der Waals surface area contributed by atoms with Crippen molar-refractivity contribution in [2.24, 2.45) is 10.7 Å². The van der Waals surface area contributed by atoms with Gasteiger partial charge in [0.05, 0.1) is 0 Å².